The van der Waals surface area contributed by atoms with E-state index >= 15 is 0 Å². The molecular formula is C49H35N. The second kappa shape index (κ2) is 10.9. The van der Waals surface area contributed by atoms with Crippen LogP contribution in [0.1, 0.15) is 25.0 Å². The van der Waals surface area contributed by atoms with Crippen LogP contribution < -0.4 is 4.90 Å². The molecule has 0 radical (unpaired) electrons. The number of para-hydroxylation sites is 1. The first-order valence-electron chi connectivity index (χ1n) is 17.5. The first kappa shape index (κ1) is 28.8. The van der Waals surface area contributed by atoms with E-state index in [4.69, 9.17) is 0 Å². The summed E-state index contributed by atoms with van der Waals surface area (Å²) in [6.45, 7) is 4.74. The minimum atomic E-state index is -0.121. The molecule has 1 heteroatoms. The predicted octanol–water partition coefficient (Wildman–Crippen LogP) is 13.7. The van der Waals surface area contributed by atoms with Crippen LogP contribution in [0.2, 0.25) is 0 Å². The second-order valence-electron chi connectivity index (χ2n) is 14.1. The van der Waals surface area contributed by atoms with Gasteiger partial charge in [-0.2, -0.15) is 0 Å². The second-order valence-corrected chi connectivity index (χ2v) is 14.1. The predicted molar refractivity (Wildman–Crippen MR) is 214 cm³/mol. The SMILES string of the molecule is CC1(C)c2ccccc2-c2c(N(c3ccccc3-c3ccc4ccccc4c3)c3cc4ccccc4c4ccc5ccccc5c34)cccc21. The fraction of sp³-hybridized carbons (Fsp3) is 0.0612. The van der Waals surface area contributed by atoms with Crippen molar-refractivity contribution in [3.05, 3.63) is 187 Å². The highest BCUT2D eigenvalue weighted by atomic mass is 15.1. The number of hydrogen-bond acceptors (Lipinski definition) is 1. The van der Waals surface area contributed by atoms with Gasteiger partial charge in [-0.1, -0.05) is 166 Å². The monoisotopic (exact) mass is 637 g/mol. The van der Waals surface area contributed by atoms with E-state index < -0.39 is 0 Å². The van der Waals surface area contributed by atoms with Gasteiger partial charge in [-0.05, 0) is 84.2 Å². The summed E-state index contributed by atoms with van der Waals surface area (Å²) in [5.41, 5.74) is 11.2. The maximum atomic E-state index is 2.57. The van der Waals surface area contributed by atoms with Crippen LogP contribution in [0.3, 0.4) is 0 Å². The molecule has 1 aliphatic carbocycles. The van der Waals surface area contributed by atoms with E-state index in [9.17, 15) is 0 Å². The molecule has 0 aromatic heterocycles. The Hall–Kier alpha value is -6.18. The lowest BCUT2D eigenvalue weighted by atomic mass is 9.82. The topological polar surface area (TPSA) is 3.24 Å². The highest BCUT2D eigenvalue weighted by molar-refractivity contribution is 6.24. The van der Waals surface area contributed by atoms with Crippen molar-refractivity contribution >= 4 is 60.2 Å². The Morgan fingerprint density at radius 2 is 1.00 bits per heavy atom. The van der Waals surface area contributed by atoms with Crippen LogP contribution in [0.5, 0.6) is 0 Å². The summed E-state index contributed by atoms with van der Waals surface area (Å²) in [5, 5.41) is 10.0. The molecule has 9 aromatic rings. The van der Waals surface area contributed by atoms with Gasteiger partial charge in [0.15, 0.2) is 0 Å². The van der Waals surface area contributed by atoms with Crippen molar-refractivity contribution < 1.29 is 0 Å². The summed E-state index contributed by atoms with van der Waals surface area (Å²) >= 11 is 0. The molecule has 0 bridgehead atoms. The van der Waals surface area contributed by atoms with E-state index in [0.717, 1.165) is 5.69 Å². The van der Waals surface area contributed by atoms with Crippen molar-refractivity contribution in [1.29, 1.82) is 0 Å². The normalized spacial score (nSPS) is 13.2. The minimum Gasteiger partial charge on any atom is -0.309 e. The number of anilines is 3. The average Bonchev–Trinajstić information content (AvgIpc) is 3.41. The molecule has 0 saturated heterocycles. The number of hydrogen-bond donors (Lipinski definition) is 0. The molecule has 0 fully saturated rings. The molecule has 9 aromatic carbocycles. The van der Waals surface area contributed by atoms with Gasteiger partial charge in [0.1, 0.15) is 0 Å². The van der Waals surface area contributed by atoms with Crippen LogP contribution in [0.4, 0.5) is 17.1 Å². The van der Waals surface area contributed by atoms with Crippen LogP contribution in [-0.2, 0) is 5.41 Å². The van der Waals surface area contributed by atoms with E-state index in [1.807, 2.05) is 0 Å². The molecule has 0 spiro atoms. The standard InChI is InChI=1S/C49H35N/c1-49(2)42-22-11-9-21-41(42)48-43(49)23-13-25-45(48)50(44-24-12-10-19-38(44)36-27-26-32-14-3-4-16-34(32)30-36)46-31-35-17-6-7-18-37(35)40-29-28-33-15-5-8-20-39(33)47(40)46/h3-31H,1-2H3. The van der Waals surface area contributed by atoms with Crippen molar-refractivity contribution in [3.8, 4) is 22.3 Å². The number of fused-ring (bicyclic) bond motifs is 9. The lowest BCUT2D eigenvalue weighted by molar-refractivity contribution is 0.660. The maximum Gasteiger partial charge on any atom is 0.0553 e. The third-order valence-corrected chi connectivity index (χ3v) is 11.0. The summed E-state index contributed by atoms with van der Waals surface area (Å²) in [5.74, 6) is 0. The number of nitrogens with zero attached hydrogens (tertiary/aromatic N) is 1. The molecule has 10 rings (SSSR count). The molecule has 0 atom stereocenters. The van der Waals surface area contributed by atoms with Crippen molar-refractivity contribution in [2.75, 3.05) is 4.90 Å². The van der Waals surface area contributed by atoms with E-state index in [-0.39, 0.29) is 5.41 Å². The molecule has 0 N–H and O–H groups in total. The zero-order chi connectivity index (χ0) is 33.4. The van der Waals surface area contributed by atoms with Gasteiger partial charge in [0, 0.05) is 21.9 Å². The average molecular weight is 638 g/mol. The smallest absolute Gasteiger partial charge is 0.0553 e. The van der Waals surface area contributed by atoms with Crippen LogP contribution in [-0.4, -0.2) is 0 Å². The van der Waals surface area contributed by atoms with Crippen LogP contribution in [0.15, 0.2) is 176 Å². The summed E-state index contributed by atoms with van der Waals surface area (Å²) in [4.78, 5) is 2.57. The third-order valence-electron chi connectivity index (χ3n) is 11.0. The minimum absolute atomic E-state index is 0.121. The molecule has 1 nitrogen and oxygen atoms in total. The summed E-state index contributed by atoms with van der Waals surface area (Å²) in [6, 6.07) is 65.1. The van der Waals surface area contributed by atoms with Gasteiger partial charge in [0.25, 0.3) is 0 Å². The number of rotatable bonds is 4. The quantitative estimate of drug-likeness (QED) is 0.174. The molecule has 0 heterocycles. The Labute approximate surface area is 292 Å². The maximum absolute atomic E-state index is 2.57. The van der Waals surface area contributed by atoms with Crippen LogP contribution in [0, 0.1) is 0 Å². The number of benzene rings is 9. The Balaban J connectivity index is 1.37. The Bertz CT molecular complexity index is 2800. The highest BCUT2D eigenvalue weighted by Gasteiger charge is 2.38. The van der Waals surface area contributed by atoms with Gasteiger partial charge in [-0.25, -0.2) is 0 Å². The molecule has 1 aliphatic rings. The van der Waals surface area contributed by atoms with Crippen molar-refractivity contribution in [2.24, 2.45) is 0 Å². The Morgan fingerprint density at radius 3 is 1.86 bits per heavy atom. The summed E-state index contributed by atoms with van der Waals surface area (Å²) in [7, 11) is 0. The van der Waals surface area contributed by atoms with Gasteiger partial charge in [-0.3, -0.25) is 0 Å². The lowest BCUT2D eigenvalue weighted by Gasteiger charge is -2.32. The van der Waals surface area contributed by atoms with E-state index in [1.165, 1.54) is 87.8 Å². The van der Waals surface area contributed by atoms with E-state index in [2.05, 4.69) is 195 Å². The van der Waals surface area contributed by atoms with Crippen LogP contribution >= 0.6 is 0 Å². The highest BCUT2D eigenvalue weighted by Crippen LogP contribution is 2.56. The van der Waals surface area contributed by atoms with Crippen molar-refractivity contribution in [1.82, 2.24) is 0 Å². The fourth-order valence-corrected chi connectivity index (χ4v) is 8.62. The van der Waals surface area contributed by atoms with Gasteiger partial charge >= 0.3 is 0 Å². The van der Waals surface area contributed by atoms with Gasteiger partial charge in [0.05, 0.1) is 17.1 Å². The van der Waals surface area contributed by atoms with Gasteiger partial charge < -0.3 is 4.90 Å². The molecule has 50 heavy (non-hydrogen) atoms. The zero-order valence-corrected chi connectivity index (χ0v) is 28.2. The largest absolute Gasteiger partial charge is 0.309 e. The Kier molecular flexibility index (Phi) is 6.29. The van der Waals surface area contributed by atoms with Gasteiger partial charge in [0.2, 0.25) is 0 Å². The van der Waals surface area contributed by atoms with Crippen LogP contribution in [0.25, 0.3) is 65.3 Å². The molecule has 0 aliphatic heterocycles. The first-order chi connectivity index (χ1) is 24.6. The molecule has 236 valence electrons. The summed E-state index contributed by atoms with van der Waals surface area (Å²) in [6.07, 6.45) is 0. The summed E-state index contributed by atoms with van der Waals surface area (Å²) < 4.78 is 0. The molecule has 0 amide bonds. The molecule has 0 saturated carbocycles. The third kappa shape index (κ3) is 4.20. The Morgan fingerprint density at radius 1 is 0.380 bits per heavy atom. The first-order valence-corrected chi connectivity index (χ1v) is 17.5. The van der Waals surface area contributed by atoms with E-state index in [0.29, 0.717) is 0 Å². The van der Waals surface area contributed by atoms with Crippen molar-refractivity contribution in [2.45, 2.75) is 19.3 Å². The lowest BCUT2D eigenvalue weighted by Crippen LogP contribution is -2.16. The van der Waals surface area contributed by atoms with Gasteiger partial charge in [-0.15, -0.1) is 0 Å². The molecule has 0 unspecified atom stereocenters. The van der Waals surface area contributed by atoms with E-state index in [1.54, 1.807) is 0 Å². The zero-order valence-electron chi connectivity index (χ0n) is 28.2. The van der Waals surface area contributed by atoms with Crippen molar-refractivity contribution in [3.63, 3.8) is 0 Å². The molecular weight excluding hydrogens is 603 g/mol. The fourth-order valence-electron chi connectivity index (χ4n) is 8.62.